The standard InChI is InChI=1S/C14H10Cl2N4O2/c1-8-2-3-19-11(4-8)18-9(5-12(19)21)7-20-14(22)13(16)10(15)6-17-20/h2-6H,7H2,1H3. The minimum atomic E-state index is -0.527. The summed E-state index contributed by atoms with van der Waals surface area (Å²) in [5, 5.41) is 3.88. The number of hydrogen-bond donors (Lipinski definition) is 0. The summed E-state index contributed by atoms with van der Waals surface area (Å²) in [7, 11) is 0. The van der Waals surface area contributed by atoms with E-state index in [1.807, 2.05) is 13.0 Å². The van der Waals surface area contributed by atoms with E-state index in [9.17, 15) is 9.59 Å². The Morgan fingerprint density at radius 3 is 2.77 bits per heavy atom. The molecule has 3 aromatic rings. The monoisotopic (exact) mass is 336 g/mol. The van der Waals surface area contributed by atoms with Crippen LogP contribution >= 0.6 is 23.2 Å². The summed E-state index contributed by atoms with van der Waals surface area (Å²) in [6.07, 6.45) is 2.94. The lowest BCUT2D eigenvalue weighted by molar-refractivity contribution is 0.627. The number of aryl methyl sites for hydroxylation is 1. The zero-order valence-corrected chi connectivity index (χ0v) is 13.0. The van der Waals surface area contributed by atoms with Crippen molar-refractivity contribution in [3.8, 4) is 0 Å². The maximum atomic E-state index is 12.1. The number of nitrogens with zero attached hydrogens (tertiary/aromatic N) is 4. The molecule has 0 saturated heterocycles. The molecule has 0 fully saturated rings. The normalized spacial score (nSPS) is 11.0. The molecule has 3 aromatic heterocycles. The van der Waals surface area contributed by atoms with E-state index >= 15 is 0 Å². The Bertz CT molecular complexity index is 994. The molecule has 0 amide bonds. The van der Waals surface area contributed by atoms with Crippen LogP contribution in [0.25, 0.3) is 5.65 Å². The second-order valence-electron chi connectivity index (χ2n) is 4.79. The van der Waals surface area contributed by atoms with Gasteiger partial charge in [-0.05, 0) is 24.6 Å². The zero-order valence-electron chi connectivity index (χ0n) is 11.5. The van der Waals surface area contributed by atoms with E-state index in [1.54, 1.807) is 12.3 Å². The third-order valence-corrected chi connectivity index (χ3v) is 3.88. The molecule has 6 nitrogen and oxygen atoms in total. The highest BCUT2D eigenvalue weighted by atomic mass is 35.5. The first-order chi connectivity index (χ1) is 10.5. The van der Waals surface area contributed by atoms with Crippen LogP contribution in [-0.4, -0.2) is 19.2 Å². The fraction of sp³-hybridized carbons (Fsp3) is 0.143. The van der Waals surface area contributed by atoms with Gasteiger partial charge in [-0.3, -0.25) is 14.0 Å². The van der Waals surface area contributed by atoms with E-state index in [1.165, 1.54) is 16.7 Å². The maximum Gasteiger partial charge on any atom is 0.287 e. The molecular weight excluding hydrogens is 327 g/mol. The second-order valence-corrected chi connectivity index (χ2v) is 5.57. The van der Waals surface area contributed by atoms with Gasteiger partial charge >= 0.3 is 0 Å². The number of pyridine rings is 1. The Balaban J connectivity index is 2.10. The number of rotatable bonds is 2. The van der Waals surface area contributed by atoms with Crippen molar-refractivity contribution in [2.45, 2.75) is 13.5 Å². The van der Waals surface area contributed by atoms with Crippen molar-refractivity contribution in [2.75, 3.05) is 0 Å². The zero-order chi connectivity index (χ0) is 15.9. The molecule has 0 radical (unpaired) electrons. The molecule has 0 spiro atoms. The molecule has 112 valence electrons. The van der Waals surface area contributed by atoms with E-state index in [2.05, 4.69) is 10.1 Å². The number of halogens is 2. The van der Waals surface area contributed by atoms with Gasteiger partial charge in [0, 0.05) is 12.3 Å². The topological polar surface area (TPSA) is 69.3 Å². The molecule has 0 N–H and O–H groups in total. The first-order valence-electron chi connectivity index (χ1n) is 6.36. The Morgan fingerprint density at radius 1 is 1.23 bits per heavy atom. The lowest BCUT2D eigenvalue weighted by atomic mass is 10.3. The van der Waals surface area contributed by atoms with Crippen LogP contribution in [0.1, 0.15) is 11.3 Å². The predicted molar refractivity (Wildman–Crippen MR) is 83.8 cm³/mol. The van der Waals surface area contributed by atoms with Gasteiger partial charge in [0.1, 0.15) is 10.7 Å². The first kappa shape index (κ1) is 14.7. The third kappa shape index (κ3) is 2.63. The lowest BCUT2D eigenvalue weighted by Gasteiger charge is -2.07. The third-order valence-electron chi connectivity index (χ3n) is 3.13. The minimum absolute atomic E-state index is 0.0371. The molecule has 3 rings (SSSR count). The average Bonchev–Trinajstić information content (AvgIpc) is 2.47. The van der Waals surface area contributed by atoms with Crippen LogP contribution in [-0.2, 0) is 6.54 Å². The maximum absolute atomic E-state index is 12.1. The van der Waals surface area contributed by atoms with Crippen molar-refractivity contribution in [1.82, 2.24) is 19.2 Å². The van der Waals surface area contributed by atoms with Gasteiger partial charge in [0.25, 0.3) is 11.1 Å². The Labute approximate surface area is 134 Å². The van der Waals surface area contributed by atoms with Crippen LogP contribution in [0.4, 0.5) is 0 Å². The van der Waals surface area contributed by atoms with Crippen LogP contribution in [0.3, 0.4) is 0 Å². The summed E-state index contributed by atoms with van der Waals surface area (Å²) in [6, 6.07) is 4.97. The molecule has 0 aromatic carbocycles. The quantitative estimate of drug-likeness (QED) is 0.716. The van der Waals surface area contributed by atoms with Gasteiger partial charge in [-0.1, -0.05) is 23.2 Å². The highest BCUT2D eigenvalue weighted by Crippen LogP contribution is 2.14. The number of hydrogen-bond acceptors (Lipinski definition) is 4. The molecule has 0 aliphatic rings. The van der Waals surface area contributed by atoms with Crippen molar-refractivity contribution in [3.05, 3.63) is 72.6 Å². The van der Waals surface area contributed by atoms with E-state index < -0.39 is 5.56 Å². The number of fused-ring (bicyclic) bond motifs is 1. The fourth-order valence-electron chi connectivity index (χ4n) is 2.05. The Kier molecular flexibility index (Phi) is 3.72. The van der Waals surface area contributed by atoms with Crippen LogP contribution in [0.5, 0.6) is 0 Å². The average molecular weight is 337 g/mol. The molecule has 0 saturated carbocycles. The molecule has 0 atom stereocenters. The molecule has 0 aliphatic carbocycles. The Hall–Kier alpha value is -2.18. The number of aromatic nitrogens is 4. The Morgan fingerprint density at radius 2 is 2.00 bits per heavy atom. The molecule has 0 bridgehead atoms. The van der Waals surface area contributed by atoms with Crippen LogP contribution in [0.15, 0.2) is 40.2 Å². The van der Waals surface area contributed by atoms with E-state index in [0.29, 0.717) is 11.3 Å². The molecule has 3 heterocycles. The molecule has 0 aliphatic heterocycles. The van der Waals surface area contributed by atoms with E-state index in [4.69, 9.17) is 23.2 Å². The van der Waals surface area contributed by atoms with E-state index in [-0.39, 0.29) is 22.1 Å². The second kappa shape index (κ2) is 5.55. The van der Waals surface area contributed by atoms with Crippen LogP contribution in [0, 0.1) is 6.92 Å². The van der Waals surface area contributed by atoms with Crippen molar-refractivity contribution >= 4 is 28.8 Å². The lowest BCUT2D eigenvalue weighted by Crippen LogP contribution is -2.25. The highest BCUT2D eigenvalue weighted by Gasteiger charge is 2.10. The summed E-state index contributed by atoms with van der Waals surface area (Å²) in [5.41, 5.74) is 1.15. The molecule has 0 unspecified atom stereocenters. The minimum Gasteiger partial charge on any atom is -0.269 e. The summed E-state index contributed by atoms with van der Waals surface area (Å²) in [6.45, 7) is 1.94. The van der Waals surface area contributed by atoms with Crippen molar-refractivity contribution in [3.63, 3.8) is 0 Å². The van der Waals surface area contributed by atoms with E-state index in [0.717, 1.165) is 10.2 Å². The van der Waals surface area contributed by atoms with Crippen LogP contribution < -0.4 is 11.1 Å². The highest BCUT2D eigenvalue weighted by molar-refractivity contribution is 6.41. The largest absolute Gasteiger partial charge is 0.287 e. The first-order valence-corrected chi connectivity index (χ1v) is 7.11. The van der Waals surface area contributed by atoms with Gasteiger partial charge < -0.3 is 0 Å². The smallest absolute Gasteiger partial charge is 0.269 e. The van der Waals surface area contributed by atoms with Gasteiger partial charge in [-0.2, -0.15) is 5.10 Å². The molecule has 22 heavy (non-hydrogen) atoms. The summed E-state index contributed by atoms with van der Waals surface area (Å²) in [4.78, 5) is 28.4. The molecular formula is C14H10Cl2N4O2. The van der Waals surface area contributed by atoms with Crippen molar-refractivity contribution < 1.29 is 0 Å². The molecule has 8 heteroatoms. The van der Waals surface area contributed by atoms with Gasteiger partial charge in [-0.15, -0.1) is 0 Å². The van der Waals surface area contributed by atoms with Gasteiger partial charge in [0.15, 0.2) is 0 Å². The van der Waals surface area contributed by atoms with Crippen molar-refractivity contribution in [2.24, 2.45) is 0 Å². The predicted octanol–water partition coefficient (Wildman–Crippen LogP) is 1.91. The van der Waals surface area contributed by atoms with Crippen molar-refractivity contribution in [1.29, 1.82) is 0 Å². The van der Waals surface area contributed by atoms with Gasteiger partial charge in [-0.25, -0.2) is 9.67 Å². The fourth-order valence-corrected chi connectivity index (χ4v) is 2.32. The summed E-state index contributed by atoms with van der Waals surface area (Å²) >= 11 is 11.5. The summed E-state index contributed by atoms with van der Waals surface area (Å²) < 4.78 is 2.55. The summed E-state index contributed by atoms with van der Waals surface area (Å²) in [5.74, 6) is 0. The van der Waals surface area contributed by atoms with Gasteiger partial charge in [0.05, 0.1) is 23.5 Å². The van der Waals surface area contributed by atoms with Gasteiger partial charge in [0.2, 0.25) is 0 Å². The SMILES string of the molecule is Cc1ccn2c(=O)cc(Cn3ncc(Cl)c(Cl)c3=O)nc2c1. The van der Waals surface area contributed by atoms with Crippen LogP contribution in [0.2, 0.25) is 10.0 Å².